The molecular formula is C76H137NO10. The Morgan fingerprint density at radius 2 is 0.793 bits per heavy atom. The number of allylic oxidation sites excluding steroid dienone is 11. The molecule has 8 atom stereocenters. The number of carbonyl (C=O) groups is 2. The van der Waals surface area contributed by atoms with Crippen LogP contribution in [-0.2, 0) is 23.8 Å². The lowest BCUT2D eigenvalue weighted by Gasteiger charge is -2.41. The van der Waals surface area contributed by atoms with E-state index in [0.29, 0.717) is 12.8 Å². The number of amides is 1. The maximum Gasteiger partial charge on any atom is 0.306 e. The molecule has 0 radical (unpaired) electrons. The number of nitrogens with one attached hydrogen (secondary N) is 1. The predicted molar refractivity (Wildman–Crippen MR) is 366 cm³/mol. The van der Waals surface area contributed by atoms with Crippen LogP contribution in [0.5, 0.6) is 0 Å². The number of unbranched alkanes of at least 4 members (excludes halogenated alkanes) is 39. The van der Waals surface area contributed by atoms with Gasteiger partial charge in [-0.15, -0.1) is 0 Å². The highest BCUT2D eigenvalue weighted by Gasteiger charge is 2.47. The lowest BCUT2D eigenvalue weighted by Crippen LogP contribution is -2.61. The fourth-order valence-electron chi connectivity index (χ4n) is 11.3. The lowest BCUT2D eigenvalue weighted by atomic mass is 9.99. The standard InChI is InChI=1S/C76H137NO10/c1-4-7-10-13-16-19-22-24-26-28-30-32-33-34-35-36-37-38-40-42-44-46-49-52-55-58-61-64-71(81)87-74-73(83)72(82)70(65-78)86-76(74)85-66-67(68(79)62-59-56-53-50-47-21-18-15-12-9-6-3)77-75(84)69(80)63-60-57-54-51-48-45-43-41-39-31-29-27-25-23-20-17-14-11-8-5-2/h16-17,19-20,24-27,31,39,59,62,67-70,72-74,76,78-80,82-83H,4-15,18,21-23,28-30,32-38,40-58,60-61,63-66H2,1-3H3,(H,77,84)/b19-16-,20-17-,26-24-,27-25-,39-31-,62-59+. The molecule has 0 bridgehead atoms. The fraction of sp³-hybridized carbons (Fsp3) is 0.816. The third kappa shape index (κ3) is 50.4. The van der Waals surface area contributed by atoms with Gasteiger partial charge in [-0.25, -0.2) is 0 Å². The molecule has 0 spiro atoms. The van der Waals surface area contributed by atoms with Crippen LogP contribution in [0.25, 0.3) is 0 Å². The molecular weight excluding hydrogens is 1090 g/mol. The van der Waals surface area contributed by atoms with Crippen LogP contribution in [-0.4, -0.2) is 99.6 Å². The van der Waals surface area contributed by atoms with Gasteiger partial charge in [0.05, 0.1) is 25.4 Å². The topological polar surface area (TPSA) is 175 Å². The molecule has 0 aromatic carbocycles. The van der Waals surface area contributed by atoms with Crippen LogP contribution in [0.2, 0.25) is 0 Å². The molecule has 87 heavy (non-hydrogen) atoms. The van der Waals surface area contributed by atoms with Gasteiger partial charge in [0.2, 0.25) is 5.91 Å². The second-order valence-corrected chi connectivity index (χ2v) is 25.3. The summed E-state index contributed by atoms with van der Waals surface area (Å²) in [5.74, 6) is -1.19. The molecule has 1 aliphatic rings. The maximum absolute atomic E-state index is 13.5. The normalized spacial score (nSPS) is 18.6. The highest BCUT2D eigenvalue weighted by Crippen LogP contribution is 2.26. The molecule has 1 heterocycles. The summed E-state index contributed by atoms with van der Waals surface area (Å²) in [6, 6.07) is -1.03. The van der Waals surface area contributed by atoms with Gasteiger partial charge in [0.1, 0.15) is 24.4 Å². The fourth-order valence-corrected chi connectivity index (χ4v) is 11.3. The summed E-state index contributed by atoms with van der Waals surface area (Å²) in [4.78, 5) is 26.7. The Morgan fingerprint density at radius 3 is 1.21 bits per heavy atom. The average Bonchev–Trinajstić information content (AvgIpc) is 1.56. The second kappa shape index (κ2) is 63.3. The van der Waals surface area contributed by atoms with Crippen molar-refractivity contribution in [3.63, 3.8) is 0 Å². The van der Waals surface area contributed by atoms with Crippen LogP contribution in [0.15, 0.2) is 72.9 Å². The number of aliphatic hydroxyl groups is 5. The van der Waals surface area contributed by atoms with E-state index in [2.05, 4.69) is 86.8 Å². The van der Waals surface area contributed by atoms with Gasteiger partial charge >= 0.3 is 5.97 Å². The number of hydrogen-bond acceptors (Lipinski definition) is 10. The first kappa shape index (κ1) is 82.1. The Bertz CT molecular complexity index is 1690. The zero-order valence-corrected chi connectivity index (χ0v) is 56.4. The average molecular weight is 1220 g/mol. The molecule has 1 rings (SSSR count). The van der Waals surface area contributed by atoms with Gasteiger partial charge in [-0.05, 0) is 96.3 Å². The molecule has 1 amide bonds. The third-order valence-electron chi connectivity index (χ3n) is 17.1. The summed E-state index contributed by atoms with van der Waals surface area (Å²) in [6.07, 6.45) is 72.3. The predicted octanol–water partition coefficient (Wildman–Crippen LogP) is 19.1. The quantitative estimate of drug-likeness (QED) is 0.0195. The van der Waals surface area contributed by atoms with Crippen molar-refractivity contribution in [1.29, 1.82) is 0 Å². The largest absolute Gasteiger partial charge is 0.454 e. The van der Waals surface area contributed by atoms with Gasteiger partial charge in [0.15, 0.2) is 12.4 Å². The molecule has 506 valence electrons. The first-order valence-corrected chi connectivity index (χ1v) is 36.7. The van der Waals surface area contributed by atoms with E-state index in [1.807, 2.05) is 6.08 Å². The number of hydrogen-bond donors (Lipinski definition) is 6. The van der Waals surface area contributed by atoms with Gasteiger partial charge in [0, 0.05) is 6.42 Å². The molecule has 0 aliphatic carbocycles. The molecule has 0 aromatic heterocycles. The van der Waals surface area contributed by atoms with E-state index in [4.69, 9.17) is 14.2 Å². The minimum absolute atomic E-state index is 0.123. The van der Waals surface area contributed by atoms with E-state index in [-0.39, 0.29) is 19.4 Å². The zero-order valence-electron chi connectivity index (χ0n) is 56.4. The van der Waals surface area contributed by atoms with Crippen molar-refractivity contribution in [3.05, 3.63) is 72.9 Å². The van der Waals surface area contributed by atoms with Crippen LogP contribution < -0.4 is 5.32 Å². The number of rotatable bonds is 63. The van der Waals surface area contributed by atoms with E-state index < -0.39 is 67.4 Å². The minimum Gasteiger partial charge on any atom is -0.454 e. The summed E-state index contributed by atoms with van der Waals surface area (Å²) in [5.41, 5.74) is 0. The van der Waals surface area contributed by atoms with Crippen molar-refractivity contribution >= 4 is 11.9 Å². The van der Waals surface area contributed by atoms with Gasteiger partial charge in [0.25, 0.3) is 0 Å². The van der Waals surface area contributed by atoms with Gasteiger partial charge in [-0.2, -0.15) is 0 Å². The van der Waals surface area contributed by atoms with E-state index in [9.17, 15) is 35.1 Å². The van der Waals surface area contributed by atoms with Crippen LogP contribution >= 0.6 is 0 Å². The Balaban J connectivity index is 2.52. The minimum atomic E-state index is -1.62. The first-order chi connectivity index (χ1) is 42.7. The Hall–Kier alpha value is -2.90. The SMILES string of the molecule is CCCCC/C=C\C/C=C\C/C=C\CCCCCCCCCC(O)C(=O)NC(COC1OC(CO)C(O)C(O)C1OC(=O)CCCCCCCCCCCCCCCCCCC/C=C\C/C=C\CCCCC)C(O)/C=C/CCCCCCCCCCC. The van der Waals surface area contributed by atoms with E-state index in [0.717, 1.165) is 89.9 Å². The van der Waals surface area contributed by atoms with Crippen molar-refractivity contribution in [2.45, 2.75) is 384 Å². The van der Waals surface area contributed by atoms with Crippen molar-refractivity contribution < 1.29 is 49.3 Å². The van der Waals surface area contributed by atoms with Crippen LogP contribution in [0.3, 0.4) is 0 Å². The van der Waals surface area contributed by atoms with E-state index in [1.165, 1.54) is 199 Å². The van der Waals surface area contributed by atoms with Gasteiger partial charge in [-0.1, -0.05) is 306 Å². The molecule has 6 N–H and O–H groups in total. The smallest absolute Gasteiger partial charge is 0.306 e. The van der Waals surface area contributed by atoms with Crippen LogP contribution in [0.4, 0.5) is 0 Å². The van der Waals surface area contributed by atoms with Crippen LogP contribution in [0.1, 0.15) is 335 Å². The highest BCUT2D eigenvalue weighted by atomic mass is 16.7. The van der Waals surface area contributed by atoms with Crippen LogP contribution in [0, 0.1) is 0 Å². The van der Waals surface area contributed by atoms with E-state index >= 15 is 0 Å². The molecule has 0 aromatic rings. The van der Waals surface area contributed by atoms with E-state index in [1.54, 1.807) is 6.08 Å². The molecule has 0 saturated carbocycles. The first-order valence-electron chi connectivity index (χ1n) is 36.7. The molecule has 11 nitrogen and oxygen atoms in total. The number of ether oxygens (including phenoxy) is 3. The third-order valence-corrected chi connectivity index (χ3v) is 17.1. The number of esters is 1. The monoisotopic (exact) mass is 1220 g/mol. The summed E-state index contributed by atoms with van der Waals surface area (Å²) in [6.45, 7) is 5.76. The van der Waals surface area contributed by atoms with Crippen molar-refractivity contribution in [1.82, 2.24) is 5.32 Å². The Morgan fingerprint density at radius 1 is 0.448 bits per heavy atom. The molecule has 1 fully saturated rings. The van der Waals surface area contributed by atoms with Crippen molar-refractivity contribution in [2.24, 2.45) is 0 Å². The highest BCUT2D eigenvalue weighted by molar-refractivity contribution is 5.80. The second-order valence-electron chi connectivity index (χ2n) is 25.3. The van der Waals surface area contributed by atoms with Crippen molar-refractivity contribution in [3.8, 4) is 0 Å². The maximum atomic E-state index is 13.5. The summed E-state index contributed by atoms with van der Waals surface area (Å²) >= 11 is 0. The molecule has 11 heteroatoms. The van der Waals surface area contributed by atoms with Gasteiger partial charge < -0.3 is 45.1 Å². The summed E-state index contributed by atoms with van der Waals surface area (Å²) < 4.78 is 17.7. The lowest BCUT2D eigenvalue weighted by molar-refractivity contribution is -0.305. The zero-order chi connectivity index (χ0) is 63.1. The summed E-state index contributed by atoms with van der Waals surface area (Å²) in [5, 5.41) is 57.2. The molecule has 1 aliphatic heterocycles. The molecule has 1 saturated heterocycles. The van der Waals surface area contributed by atoms with Gasteiger partial charge in [-0.3, -0.25) is 9.59 Å². The number of aliphatic hydroxyl groups excluding tert-OH is 5. The Labute approximate surface area is 534 Å². The summed E-state index contributed by atoms with van der Waals surface area (Å²) in [7, 11) is 0. The molecule has 8 unspecified atom stereocenters. The Kier molecular flexibility index (Phi) is 59.7. The van der Waals surface area contributed by atoms with Crippen molar-refractivity contribution in [2.75, 3.05) is 13.2 Å². The number of carbonyl (C=O) groups excluding carboxylic acids is 2.